The number of rotatable bonds is 10. The Labute approximate surface area is 152 Å². The second-order valence-corrected chi connectivity index (χ2v) is 6.07. The third kappa shape index (κ3) is 7.22. The van der Waals surface area contributed by atoms with Gasteiger partial charge < -0.3 is 24.8 Å². The van der Waals surface area contributed by atoms with Crippen LogP contribution in [-0.2, 0) is 11.3 Å². The Bertz CT molecular complexity index is 533. The van der Waals surface area contributed by atoms with E-state index in [-0.39, 0.29) is 6.10 Å². The van der Waals surface area contributed by atoms with Crippen LogP contribution >= 0.6 is 0 Å². The Kier molecular flexibility index (Phi) is 9.77. The van der Waals surface area contributed by atoms with Crippen LogP contribution in [0.3, 0.4) is 0 Å². The zero-order valence-electron chi connectivity index (χ0n) is 16.4. The molecular formula is C19H33N3O3. The molecule has 0 aliphatic carbocycles. The topological polar surface area (TPSA) is 64.1 Å². The van der Waals surface area contributed by atoms with E-state index in [1.54, 1.807) is 21.3 Å². The van der Waals surface area contributed by atoms with Crippen molar-refractivity contribution in [2.45, 2.75) is 39.8 Å². The Balaban J connectivity index is 2.49. The first kappa shape index (κ1) is 21.1. The van der Waals surface area contributed by atoms with Gasteiger partial charge in [0.25, 0.3) is 0 Å². The van der Waals surface area contributed by atoms with Gasteiger partial charge in [0.2, 0.25) is 0 Å². The van der Waals surface area contributed by atoms with Gasteiger partial charge >= 0.3 is 0 Å². The number of benzene rings is 1. The molecule has 1 unspecified atom stereocenters. The predicted octanol–water partition coefficient (Wildman–Crippen LogP) is 2.82. The van der Waals surface area contributed by atoms with E-state index in [1.165, 1.54) is 0 Å². The Morgan fingerprint density at radius 3 is 2.40 bits per heavy atom. The van der Waals surface area contributed by atoms with Gasteiger partial charge in [-0.2, -0.15) is 0 Å². The van der Waals surface area contributed by atoms with Gasteiger partial charge in [0.1, 0.15) is 0 Å². The summed E-state index contributed by atoms with van der Waals surface area (Å²) in [7, 11) is 5.04. The molecule has 0 aliphatic heterocycles. The smallest absolute Gasteiger partial charge is 0.191 e. The molecule has 0 fully saturated rings. The zero-order valence-corrected chi connectivity index (χ0v) is 16.4. The van der Waals surface area contributed by atoms with Crippen LogP contribution in [0.2, 0.25) is 0 Å². The maximum Gasteiger partial charge on any atom is 0.191 e. The van der Waals surface area contributed by atoms with Crippen LogP contribution in [0.1, 0.15) is 32.8 Å². The van der Waals surface area contributed by atoms with Crippen molar-refractivity contribution in [2.24, 2.45) is 10.9 Å². The summed E-state index contributed by atoms with van der Waals surface area (Å²) in [4.78, 5) is 4.26. The summed E-state index contributed by atoms with van der Waals surface area (Å²) in [6, 6.07) is 5.87. The van der Waals surface area contributed by atoms with E-state index in [0.29, 0.717) is 12.5 Å². The molecule has 1 rings (SSSR count). The van der Waals surface area contributed by atoms with E-state index >= 15 is 0 Å². The molecule has 2 N–H and O–H groups in total. The highest BCUT2D eigenvalue weighted by atomic mass is 16.5. The molecule has 0 heterocycles. The van der Waals surface area contributed by atoms with Crippen molar-refractivity contribution in [3.8, 4) is 11.5 Å². The fourth-order valence-corrected chi connectivity index (χ4v) is 2.55. The summed E-state index contributed by atoms with van der Waals surface area (Å²) in [6.45, 7) is 8.62. The lowest BCUT2D eigenvalue weighted by Crippen LogP contribution is -2.38. The lowest BCUT2D eigenvalue weighted by atomic mass is 10.0. The molecule has 0 aliphatic rings. The molecule has 1 aromatic carbocycles. The van der Waals surface area contributed by atoms with Crippen molar-refractivity contribution >= 4 is 5.96 Å². The second kappa shape index (κ2) is 11.6. The van der Waals surface area contributed by atoms with Crippen molar-refractivity contribution in [1.29, 1.82) is 0 Å². The highest BCUT2D eigenvalue weighted by Gasteiger charge is 2.13. The first-order valence-electron chi connectivity index (χ1n) is 8.82. The van der Waals surface area contributed by atoms with Crippen molar-refractivity contribution < 1.29 is 14.2 Å². The maximum absolute atomic E-state index is 5.77. The monoisotopic (exact) mass is 351 g/mol. The molecule has 1 atom stereocenters. The summed E-state index contributed by atoms with van der Waals surface area (Å²) < 4.78 is 16.4. The highest BCUT2D eigenvalue weighted by Crippen LogP contribution is 2.27. The molecule has 25 heavy (non-hydrogen) atoms. The average molecular weight is 351 g/mol. The first-order valence-corrected chi connectivity index (χ1v) is 8.82. The van der Waals surface area contributed by atoms with Gasteiger partial charge in [-0.1, -0.05) is 19.9 Å². The normalized spacial score (nSPS) is 12.8. The van der Waals surface area contributed by atoms with Crippen LogP contribution in [0.25, 0.3) is 0 Å². The molecule has 0 spiro atoms. The van der Waals surface area contributed by atoms with Crippen LogP contribution in [-0.4, -0.2) is 46.5 Å². The summed E-state index contributed by atoms with van der Waals surface area (Å²) in [6.07, 6.45) is 1.21. The summed E-state index contributed by atoms with van der Waals surface area (Å²) in [5.74, 6) is 2.72. The molecule has 0 radical (unpaired) electrons. The Morgan fingerprint density at radius 2 is 1.84 bits per heavy atom. The number of hydrogen-bond donors (Lipinski definition) is 2. The maximum atomic E-state index is 5.77. The van der Waals surface area contributed by atoms with Gasteiger partial charge in [0, 0.05) is 26.7 Å². The number of aliphatic imine (C=N–C) groups is 1. The van der Waals surface area contributed by atoms with Crippen LogP contribution in [0, 0.1) is 5.92 Å². The van der Waals surface area contributed by atoms with Gasteiger partial charge in [-0.3, -0.25) is 4.99 Å². The largest absolute Gasteiger partial charge is 0.493 e. The van der Waals surface area contributed by atoms with Gasteiger partial charge in [-0.05, 0) is 37.0 Å². The van der Waals surface area contributed by atoms with Crippen LogP contribution < -0.4 is 20.1 Å². The van der Waals surface area contributed by atoms with E-state index in [4.69, 9.17) is 14.2 Å². The number of nitrogens with one attached hydrogen (secondary N) is 2. The molecule has 6 heteroatoms. The predicted molar refractivity (Wildman–Crippen MR) is 103 cm³/mol. The fourth-order valence-electron chi connectivity index (χ4n) is 2.55. The molecule has 6 nitrogen and oxygen atoms in total. The molecule has 0 saturated heterocycles. The van der Waals surface area contributed by atoms with Crippen molar-refractivity contribution in [1.82, 2.24) is 10.6 Å². The molecule has 0 aromatic heterocycles. The average Bonchev–Trinajstić information content (AvgIpc) is 2.63. The molecule has 0 bridgehead atoms. The lowest BCUT2D eigenvalue weighted by Gasteiger charge is -2.21. The van der Waals surface area contributed by atoms with Crippen LogP contribution in [0.5, 0.6) is 11.5 Å². The fraction of sp³-hybridized carbons (Fsp3) is 0.632. The number of ether oxygens (including phenoxy) is 3. The van der Waals surface area contributed by atoms with Gasteiger partial charge in [-0.25, -0.2) is 0 Å². The van der Waals surface area contributed by atoms with Gasteiger partial charge in [-0.15, -0.1) is 0 Å². The minimum Gasteiger partial charge on any atom is -0.493 e. The second-order valence-electron chi connectivity index (χ2n) is 6.07. The molecule has 0 saturated carbocycles. The van der Waals surface area contributed by atoms with E-state index in [1.807, 2.05) is 25.1 Å². The lowest BCUT2D eigenvalue weighted by molar-refractivity contribution is 0.0258. The molecular weight excluding hydrogens is 318 g/mol. The van der Waals surface area contributed by atoms with Crippen molar-refractivity contribution in [3.63, 3.8) is 0 Å². The molecule has 0 amide bonds. The minimum absolute atomic E-state index is 0.265. The SMILES string of the molecule is CCOC(CCNC(=NC)NCc1ccc(OC)c(OC)c1)C(C)C. The van der Waals surface area contributed by atoms with E-state index in [2.05, 4.69) is 29.5 Å². The van der Waals surface area contributed by atoms with E-state index < -0.39 is 0 Å². The van der Waals surface area contributed by atoms with E-state index in [9.17, 15) is 0 Å². The standard InChI is InChI=1S/C19H33N3O3/c1-7-25-16(14(2)3)10-11-21-19(20-4)22-13-15-8-9-17(23-5)18(12-15)24-6/h8-9,12,14,16H,7,10-11,13H2,1-6H3,(H2,20,21,22). The van der Waals surface area contributed by atoms with Crippen molar-refractivity contribution in [3.05, 3.63) is 23.8 Å². The Morgan fingerprint density at radius 1 is 1.12 bits per heavy atom. The first-order chi connectivity index (χ1) is 12.0. The minimum atomic E-state index is 0.265. The quantitative estimate of drug-likeness (QED) is 0.501. The zero-order chi connectivity index (χ0) is 18.7. The summed E-state index contributed by atoms with van der Waals surface area (Å²) in [5, 5.41) is 6.65. The van der Waals surface area contributed by atoms with Crippen LogP contribution in [0.4, 0.5) is 0 Å². The molecule has 142 valence electrons. The van der Waals surface area contributed by atoms with E-state index in [0.717, 1.165) is 42.6 Å². The number of nitrogens with zero attached hydrogens (tertiary/aromatic N) is 1. The third-order valence-corrected chi connectivity index (χ3v) is 3.98. The molecule has 1 aromatic rings. The number of guanidine groups is 1. The van der Waals surface area contributed by atoms with Gasteiger partial charge in [0.05, 0.1) is 20.3 Å². The Hall–Kier alpha value is -1.95. The van der Waals surface area contributed by atoms with Gasteiger partial charge in [0.15, 0.2) is 17.5 Å². The summed E-state index contributed by atoms with van der Waals surface area (Å²) >= 11 is 0. The highest BCUT2D eigenvalue weighted by molar-refractivity contribution is 5.79. The number of methoxy groups -OCH3 is 2. The van der Waals surface area contributed by atoms with Crippen LogP contribution in [0.15, 0.2) is 23.2 Å². The third-order valence-electron chi connectivity index (χ3n) is 3.98. The summed E-state index contributed by atoms with van der Waals surface area (Å²) in [5.41, 5.74) is 1.09. The number of hydrogen-bond acceptors (Lipinski definition) is 4. The van der Waals surface area contributed by atoms with Crippen molar-refractivity contribution in [2.75, 3.05) is 34.4 Å².